The molecule has 4 rings (SSSR count). The fraction of sp³-hybridized carbons (Fsp3) is 0.0455. The number of amides is 1. The third kappa shape index (κ3) is 4.07. The van der Waals surface area contributed by atoms with Gasteiger partial charge in [0, 0.05) is 12.2 Å². The Balaban J connectivity index is 1.57. The van der Waals surface area contributed by atoms with Crippen LogP contribution >= 0.6 is 0 Å². The second-order valence-corrected chi connectivity index (χ2v) is 6.12. The average Bonchev–Trinajstić information content (AvgIpc) is 3.29. The molecule has 4 aromatic rings. The zero-order valence-electron chi connectivity index (χ0n) is 15.0. The molecule has 0 aliphatic heterocycles. The fourth-order valence-electron chi connectivity index (χ4n) is 2.80. The normalized spacial score (nSPS) is 10.4. The Labute approximate surface area is 162 Å². The number of anilines is 3. The number of nitrogens with zero attached hydrogens (tertiary/aromatic N) is 3. The van der Waals surface area contributed by atoms with E-state index in [-0.39, 0.29) is 11.7 Å². The van der Waals surface area contributed by atoms with E-state index in [0.29, 0.717) is 18.2 Å². The number of para-hydroxylation sites is 1. The van der Waals surface area contributed by atoms with E-state index in [2.05, 4.69) is 32.5 Å². The van der Waals surface area contributed by atoms with Crippen molar-refractivity contribution >= 4 is 23.2 Å². The molecule has 0 spiro atoms. The molecule has 0 atom stereocenters. The van der Waals surface area contributed by atoms with Gasteiger partial charge in [-0.2, -0.15) is 0 Å². The number of hydrogen-bond acceptors (Lipinski definition) is 5. The molecule has 0 aliphatic rings. The topological polar surface area (TPSA) is 71.3 Å². The van der Waals surface area contributed by atoms with Gasteiger partial charge in [0.1, 0.15) is 0 Å². The Kier molecular flexibility index (Phi) is 5.11. The molecule has 0 fully saturated rings. The predicted octanol–water partition coefficient (Wildman–Crippen LogP) is 4.66. The third-order valence-electron chi connectivity index (χ3n) is 4.16. The van der Waals surface area contributed by atoms with Crippen molar-refractivity contribution in [3.05, 3.63) is 103 Å². The molecule has 6 nitrogen and oxygen atoms in total. The Morgan fingerprint density at radius 2 is 1.61 bits per heavy atom. The minimum Gasteiger partial charge on any atom is -0.459 e. The summed E-state index contributed by atoms with van der Waals surface area (Å²) in [6.45, 7) is 0.650. The van der Waals surface area contributed by atoms with Crippen molar-refractivity contribution in [3.8, 4) is 0 Å². The molecule has 0 saturated carbocycles. The molecule has 2 heterocycles. The predicted molar refractivity (Wildman–Crippen MR) is 107 cm³/mol. The highest BCUT2D eigenvalue weighted by molar-refractivity contribution is 6.01. The minimum absolute atomic E-state index is 0.223. The summed E-state index contributed by atoms with van der Waals surface area (Å²) in [6, 6.07) is 27.0. The van der Waals surface area contributed by atoms with Crippen molar-refractivity contribution in [3.63, 3.8) is 0 Å². The molecule has 2 aromatic heterocycles. The number of furan rings is 1. The summed E-state index contributed by atoms with van der Waals surface area (Å²) in [5.74, 6) is 0.904. The Bertz CT molecular complexity index is 1020. The summed E-state index contributed by atoms with van der Waals surface area (Å²) in [4.78, 5) is 14.1. The summed E-state index contributed by atoms with van der Waals surface area (Å²) >= 11 is 0. The number of benzene rings is 2. The molecular weight excluding hydrogens is 352 g/mol. The van der Waals surface area contributed by atoms with Gasteiger partial charge in [0.05, 0.1) is 6.26 Å². The molecular formula is C22H18N4O2. The zero-order chi connectivity index (χ0) is 19.2. The molecule has 1 N–H and O–H groups in total. The fourth-order valence-corrected chi connectivity index (χ4v) is 2.80. The molecule has 1 amide bonds. The number of hydrogen-bond donors (Lipinski definition) is 1. The maximum atomic E-state index is 12.1. The number of nitrogens with one attached hydrogen (secondary N) is 1. The lowest BCUT2D eigenvalue weighted by atomic mass is 10.2. The number of carbonyl (C=O) groups excluding carboxylic acids is 1. The molecule has 138 valence electrons. The highest BCUT2D eigenvalue weighted by Gasteiger charge is 2.14. The SMILES string of the molecule is O=C(Nc1ccc(N(Cc2ccccc2)c2ccccc2)nn1)c1ccco1. The van der Waals surface area contributed by atoms with Crippen LogP contribution in [-0.4, -0.2) is 16.1 Å². The minimum atomic E-state index is -0.365. The van der Waals surface area contributed by atoms with E-state index in [9.17, 15) is 4.79 Å². The molecule has 0 radical (unpaired) electrons. The van der Waals surface area contributed by atoms with Crippen LogP contribution in [0.5, 0.6) is 0 Å². The quantitative estimate of drug-likeness (QED) is 0.534. The van der Waals surface area contributed by atoms with Gasteiger partial charge in [-0.1, -0.05) is 48.5 Å². The van der Waals surface area contributed by atoms with E-state index < -0.39 is 0 Å². The van der Waals surface area contributed by atoms with E-state index in [1.165, 1.54) is 6.26 Å². The third-order valence-corrected chi connectivity index (χ3v) is 4.16. The highest BCUT2D eigenvalue weighted by Crippen LogP contribution is 2.25. The first-order valence-corrected chi connectivity index (χ1v) is 8.85. The van der Waals surface area contributed by atoms with Gasteiger partial charge in [-0.3, -0.25) is 4.79 Å². The molecule has 6 heteroatoms. The van der Waals surface area contributed by atoms with Crippen molar-refractivity contribution in [2.75, 3.05) is 10.2 Å². The second kappa shape index (κ2) is 8.18. The summed E-state index contributed by atoms with van der Waals surface area (Å²) in [5, 5.41) is 11.1. The first-order valence-electron chi connectivity index (χ1n) is 8.85. The van der Waals surface area contributed by atoms with Crippen molar-refractivity contribution in [1.82, 2.24) is 10.2 Å². The van der Waals surface area contributed by atoms with Gasteiger partial charge in [0.2, 0.25) is 0 Å². The van der Waals surface area contributed by atoms with E-state index >= 15 is 0 Å². The van der Waals surface area contributed by atoms with Gasteiger partial charge >= 0.3 is 0 Å². The van der Waals surface area contributed by atoms with Crippen LogP contribution in [0.3, 0.4) is 0 Å². The van der Waals surface area contributed by atoms with Gasteiger partial charge in [0.15, 0.2) is 17.4 Å². The first kappa shape index (κ1) is 17.5. The van der Waals surface area contributed by atoms with Crippen LogP contribution in [0.25, 0.3) is 0 Å². The summed E-state index contributed by atoms with van der Waals surface area (Å²) in [6.07, 6.45) is 1.45. The van der Waals surface area contributed by atoms with Crippen LogP contribution < -0.4 is 10.2 Å². The summed E-state index contributed by atoms with van der Waals surface area (Å²) in [7, 11) is 0. The summed E-state index contributed by atoms with van der Waals surface area (Å²) < 4.78 is 5.09. The van der Waals surface area contributed by atoms with E-state index in [4.69, 9.17) is 4.42 Å². The van der Waals surface area contributed by atoms with Gasteiger partial charge in [-0.15, -0.1) is 10.2 Å². The lowest BCUT2D eigenvalue weighted by Crippen LogP contribution is -2.19. The van der Waals surface area contributed by atoms with Crippen LogP contribution in [0, 0.1) is 0 Å². The molecule has 0 saturated heterocycles. The van der Waals surface area contributed by atoms with Crippen molar-refractivity contribution in [2.45, 2.75) is 6.54 Å². The van der Waals surface area contributed by atoms with Crippen LogP contribution in [0.4, 0.5) is 17.3 Å². The smallest absolute Gasteiger partial charge is 0.292 e. The maximum absolute atomic E-state index is 12.1. The van der Waals surface area contributed by atoms with Gasteiger partial charge in [-0.05, 0) is 42.0 Å². The number of aromatic nitrogens is 2. The van der Waals surface area contributed by atoms with Gasteiger partial charge in [0.25, 0.3) is 5.91 Å². The monoisotopic (exact) mass is 370 g/mol. The standard InChI is InChI=1S/C22H18N4O2/c27-22(19-12-7-15-28-19)23-20-13-14-21(25-24-20)26(18-10-5-2-6-11-18)16-17-8-3-1-4-9-17/h1-15H,16H2,(H,23,24,27). The van der Waals surface area contributed by atoms with Crippen molar-refractivity contribution in [1.29, 1.82) is 0 Å². The van der Waals surface area contributed by atoms with Crippen molar-refractivity contribution < 1.29 is 9.21 Å². The first-order chi connectivity index (χ1) is 13.8. The average molecular weight is 370 g/mol. The van der Waals surface area contributed by atoms with Gasteiger partial charge < -0.3 is 14.6 Å². The van der Waals surface area contributed by atoms with Crippen LogP contribution in [0.15, 0.2) is 95.6 Å². The molecule has 28 heavy (non-hydrogen) atoms. The largest absolute Gasteiger partial charge is 0.459 e. The zero-order valence-corrected chi connectivity index (χ0v) is 15.0. The van der Waals surface area contributed by atoms with Gasteiger partial charge in [-0.25, -0.2) is 0 Å². The number of carbonyl (C=O) groups is 1. The summed E-state index contributed by atoms with van der Waals surface area (Å²) in [5.41, 5.74) is 2.16. The maximum Gasteiger partial charge on any atom is 0.292 e. The van der Waals surface area contributed by atoms with Crippen LogP contribution in [0.2, 0.25) is 0 Å². The highest BCUT2D eigenvalue weighted by atomic mass is 16.3. The molecule has 0 bridgehead atoms. The van der Waals surface area contributed by atoms with Crippen LogP contribution in [0.1, 0.15) is 16.1 Å². The van der Waals surface area contributed by atoms with E-state index in [1.807, 2.05) is 54.6 Å². The van der Waals surface area contributed by atoms with E-state index in [0.717, 1.165) is 11.3 Å². The van der Waals surface area contributed by atoms with E-state index in [1.54, 1.807) is 18.2 Å². The number of rotatable bonds is 6. The lowest BCUT2D eigenvalue weighted by Gasteiger charge is -2.23. The Morgan fingerprint density at radius 3 is 2.25 bits per heavy atom. The Morgan fingerprint density at radius 1 is 0.857 bits per heavy atom. The lowest BCUT2D eigenvalue weighted by molar-refractivity contribution is 0.0996. The second-order valence-electron chi connectivity index (χ2n) is 6.12. The van der Waals surface area contributed by atoms with Crippen LogP contribution in [-0.2, 0) is 6.54 Å². The molecule has 0 aliphatic carbocycles. The Hall–Kier alpha value is -3.93. The molecule has 2 aromatic carbocycles. The molecule has 0 unspecified atom stereocenters. The van der Waals surface area contributed by atoms with Crippen molar-refractivity contribution in [2.24, 2.45) is 0 Å².